The van der Waals surface area contributed by atoms with Gasteiger partial charge in [-0.25, -0.2) is 0 Å². The summed E-state index contributed by atoms with van der Waals surface area (Å²) in [7, 11) is 0. The third-order valence-corrected chi connectivity index (χ3v) is 4.60. The van der Waals surface area contributed by atoms with Gasteiger partial charge >= 0.3 is 0 Å². The summed E-state index contributed by atoms with van der Waals surface area (Å²) < 4.78 is 0. The lowest BCUT2D eigenvalue weighted by atomic mass is 9.86. The quantitative estimate of drug-likeness (QED) is 0.895. The van der Waals surface area contributed by atoms with Crippen LogP contribution in [0.1, 0.15) is 30.0 Å². The van der Waals surface area contributed by atoms with Crippen molar-refractivity contribution < 1.29 is 5.11 Å². The Labute approximate surface area is 115 Å². The molecule has 19 heavy (non-hydrogen) atoms. The van der Waals surface area contributed by atoms with Crippen LogP contribution in [0.15, 0.2) is 24.3 Å². The summed E-state index contributed by atoms with van der Waals surface area (Å²) in [5.41, 5.74) is 3.11. The molecule has 3 heteroatoms. The fraction of sp³-hybridized carbons (Fsp3) is 0.625. The second-order valence-electron chi connectivity index (χ2n) is 5.71. The number of hydrogen-bond donors (Lipinski definition) is 1. The van der Waals surface area contributed by atoms with E-state index in [4.69, 9.17) is 5.11 Å². The van der Waals surface area contributed by atoms with Gasteiger partial charge < -0.3 is 5.11 Å². The molecule has 0 saturated carbocycles. The van der Waals surface area contributed by atoms with E-state index in [1.807, 2.05) is 0 Å². The molecule has 0 amide bonds. The molecule has 1 unspecified atom stereocenters. The first-order chi connectivity index (χ1) is 9.38. The summed E-state index contributed by atoms with van der Waals surface area (Å²) in [6, 6.07) is 9.59. The van der Waals surface area contributed by atoms with Gasteiger partial charge in [-0.1, -0.05) is 24.3 Å². The van der Waals surface area contributed by atoms with Crippen LogP contribution in [0.2, 0.25) is 0 Å². The molecule has 1 aromatic carbocycles. The summed E-state index contributed by atoms with van der Waals surface area (Å²) in [6.07, 6.45) is 3.87. The van der Waals surface area contributed by atoms with Gasteiger partial charge in [0.05, 0.1) is 6.61 Å². The molecule has 1 aliphatic carbocycles. The van der Waals surface area contributed by atoms with Gasteiger partial charge in [0, 0.05) is 38.8 Å². The zero-order chi connectivity index (χ0) is 13.1. The van der Waals surface area contributed by atoms with Crippen molar-refractivity contribution in [3.63, 3.8) is 0 Å². The fourth-order valence-electron chi connectivity index (χ4n) is 3.55. The lowest BCUT2D eigenvalue weighted by molar-refractivity contribution is 0.0772. The number of piperazine rings is 1. The Morgan fingerprint density at radius 2 is 1.89 bits per heavy atom. The summed E-state index contributed by atoms with van der Waals surface area (Å²) in [6.45, 7) is 5.58. The van der Waals surface area contributed by atoms with E-state index in [9.17, 15) is 0 Å². The van der Waals surface area contributed by atoms with Crippen LogP contribution in [0.4, 0.5) is 0 Å². The average Bonchev–Trinajstić information content (AvgIpc) is 2.48. The molecule has 3 nitrogen and oxygen atoms in total. The van der Waals surface area contributed by atoms with Crippen molar-refractivity contribution in [1.29, 1.82) is 0 Å². The smallest absolute Gasteiger partial charge is 0.0558 e. The second-order valence-corrected chi connectivity index (χ2v) is 5.71. The number of rotatable bonds is 3. The molecular formula is C16H24N2O. The Balaban J connectivity index is 1.68. The Kier molecular flexibility index (Phi) is 4.16. The highest BCUT2D eigenvalue weighted by Gasteiger charge is 2.28. The van der Waals surface area contributed by atoms with Crippen LogP contribution >= 0.6 is 0 Å². The van der Waals surface area contributed by atoms with Crippen LogP contribution in [0, 0.1) is 0 Å². The molecule has 1 saturated heterocycles. The Morgan fingerprint density at radius 3 is 2.68 bits per heavy atom. The predicted molar refractivity (Wildman–Crippen MR) is 77.2 cm³/mol. The summed E-state index contributed by atoms with van der Waals surface area (Å²) in [5.74, 6) is 0. The minimum atomic E-state index is 0.284. The predicted octanol–water partition coefficient (Wildman–Crippen LogP) is 1.67. The topological polar surface area (TPSA) is 26.7 Å². The van der Waals surface area contributed by atoms with E-state index < -0.39 is 0 Å². The highest BCUT2D eigenvalue weighted by atomic mass is 16.3. The van der Waals surface area contributed by atoms with Crippen LogP contribution < -0.4 is 0 Å². The van der Waals surface area contributed by atoms with Crippen molar-refractivity contribution in [1.82, 2.24) is 9.80 Å². The number of β-amino-alcohol motifs (C(OH)–C–C–N with tert-alkyl or cyclic N) is 1. The number of aliphatic hydroxyl groups is 1. The first kappa shape index (κ1) is 13.1. The van der Waals surface area contributed by atoms with E-state index in [0.29, 0.717) is 6.04 Å². The van der Waals surface area contributed by atoms with Crippen LogP contribution in [0.3, 0.4) is 0 Å². The molecule has 0 aromatic heterocycles. The molecule has 3 rings (SSSR count). The highest BCUT2D eigenvalue weighted by Crippen LogP contribution is 2.34. The third kappa shape index (κ3) is 2.83. The number of aliphatic hydroxyl groups excluding tert-OH is 1. The van der Waals surface area contributed by atoms with Crippen molar-refractivity contribution in [2.45, 2.75) is 25.3 Å². The van der Waals surface area contributed by atoms with Gasteiger partial charge in [0.15, 0.2) is 0 Å². The maximum atomic E-state index is 9.01. The number of hydrogen-bond acceptors (Lipinski definition) is 3. The summed E-state index contributed by atoms with van der Waals surface area (Å²) in [4.78, 5) is 5.01. The second kappa shape index (κ2) is 6.04. The Morgan fingerprint density at radius 1 is 1.11 bits per heavy atom. The van der Waals surface area contributed by atoms with Gasteiger partial charge in [-0.3, -0.25) is 9.80 Å². The van der Waals surface area contributed by atoms with Crippen LogP contribution in [0.5, 0.6) is 0 Å². The SMILES string of the molecule is OCCN1CCN(C2CCCc3ccccc32)CC1. The van der Waals surface area contributed by atoms with Crippen LogP contribution in [-0.4, -0.2) is 54.2 Å². The average molecular weight is 260 g/mol. The standard InChI is InChI=1S/C16H24N2O/c19-13-12-17-8-10-18(11-9-17)16-7-3-5-14-4-1-2-6-15(14)16/h1-2,4,6,16,19H,3,5,7-13H2. The van der Waals surface area contributed by atoms with Crippen molar-refractivity contribution in [3.05, 3.63) is 35.4 Å². The van der Waals surface area contributed by atoms with Crippen molar-refractivity contribution in [2.75, 3.05) is 39.3 Å². The molecule has 1 fully saturated rings. The third-order valence-electron chi connectivity index (χ3n) is 4.60. The number of benzene rings is 1. The number of nitrogens with zero attached hydrogens (tertiary/aromatic N) is 2. The highest BCUT2D eigenvalue weighted by molar-refractivity contribution is 5.32. The van der Waals surface area contributed by atoms with E-state index in [1.165, 1.54) is 19.3 Å². The molecule has 0 radical (unpaired) electrons. The van der Waals surface area contributed by atoms with E-state index >= 15 is 0 Å². The van der Waals surface area contributed by atoms with Crippen molar-refractivity contribution in [3.8, 4) is 0 Å². The fourth-order valence-corrected chi connectivity index (χ4v) is 3.55. The molecule has 1 N–H and O–H groups in total. The van der Waals surface area contributed by atoms with Gasteiger partial charge in [0.1, 0.15) is 0 Å². The molecule has 1 heterocycles. The molecular weight excluding hydrogens is 236 g/mol. The summed E-state index contributed by atoms with van der Waals surface area (Å²) >= 11 is 0. The minimum absolute atomic E-state index is 0.284. The molecule has 1 atom stereocenters. The Bertz CT molecular complexity index is 413. The number of aryl methyl sites for hydroxylation is 1. The van der Waals surface area contributed by atoms with Crippen molar-refractivity contribution >= 4 is 0 Å². The van der Waals surface area contributed by atoms with Crippen LogP contribution in [0.25, 0.3) is 0 Å². The van der Waals surface area contributed by atoms with E-state index in [0.717, 1.165) is 32.7 Å². The van der Waals surface area contributed by atoms with Gasteiger partial charge in [0.2, 0.25) is 0 Å². The lowest BCUT2D eigenvalue weighted by Crippen LogP contribution is -2.48. The molecule has 1 aliphatic heterocycles. The van der Waals surface area contributed by atoms with E-state index in [-0.39, 0.29) is 6.61 Å². The monoisotopic (exact) mass is 260 g/mol. The molecule has 104 valence electrons. The van der Waals surface area contributed by atoms with E-state index in [2.05, 4.69) is 34.1 Å². The first-order valence-electron chi connectivity index (χ1n) is 7.53. The van der Waals surface area contributed by atoms with Gasteiger partial charge in [-0.2, -0.15) is 0 Å². The van der Waals surface area contributed by atoms with Gasteiger partial charge in [0.25, 0.3) is 0 Å². The van der Waals surface area contributed by atoms with Crippen molar-refractivity contribution in [2.24, 2.45) is 0 Å². The lowest BCUT2D eigenvalue weighted by Gasteiger charge is -2.41. The molecule has 1 aromatic rings. The zero-order valence-corrected chi connectivity index (χ0v) is 11.6. The zero-order valence-electron chi connectivity index (χ0n) is 11.6. The molecule has 0 spiro atoms. The number of fused-ring (bicyclic) bond motifs is 1. The normalized spacial score (nSPS) is 25.2. The van der Waals surface area contributed by atoms with Crippen LogP contribution in [-0.2, 0) is 6.42 Å². The molecule has 0 bridgehead atoms. The maximum Gasteiger partial charge on any atom is 0.0558 e. The molecule has 2 aliphatic rings. The van der Waals surface area contributed by atoms with E-state index in [1.54, 1.807) is 11.1 Å². The summed E-state index contributed by atoms with van der Waals surface area (Å²) in [5, 5.41) is 9.01. The first-order valence-corrected chi connectivity index (χ1v) is 7.53. The van der Waals surface area contributed by atoms with Gasteiger partial charge in [-0.05, 0) is 30.4 Å². The van der Waals surface area contributed by atoms with Gasteiger partial charge in [-0.15, -0.1) is 0 Å². The maximum absolute atomic E-state index is 9.01. The Hall–Kier alpha value is -0.900. The largest absolute Gasteiger partial charge is 0.395 e. The minimum Gasteiger partial charge on any atom is -0.395 e.